The number of nitro groups is 1. The highest BCUT2D eigenvalue weighted by Gasteiger charge is 2.25. The van der Waals surface area contributed by atoms with Gasteiger partial charge in [-0.3, -0.25) is 14.9 Å². The number of anilines is 1. The topological polar surface area (TPSA) is 84.5 Å². The Kier molecular flexibility index (Phi) is 5.22. The van der Waals surface area contributed by atoms with E-state index in [2.05, 4.69) is 4.98 Å². The van der Waals surface area contributed by atoms with Gasteiger partial charge in [-0.25, -0.2) is 4.98 Å². The summed E-state index contributed by atoms with van der Waals surface area (Å²) in [6, 6.07) is 6.72. The summed E-state index contributed by atoms with van der Waals surface area (Å²) < 4.78 is 1.88. The van der Waals surface area contributed by atoms with Crippen molar-refractivity contribution in [2.45, 2.75) is 5.16 Å². The maximum absolute atomic E-state index is 12.4. The summed E-state index contributed by atoms with van der Waals surface area (Å²) in [6.07, 6.45) is 3.55. The number of nitrogens with zero attached hydrogens (tertiary/aromatic N) is 5. The van der Waals surface area contributed by atoms with Gasteiger partial charge in [0.2, 0.25) is 5.91 Å². The molecule has 0 spiro atoms. The summed E-state index contributed by atoms with van der Waals surface area (Å²) in [7, 11) is 1.89. The molecule has 3 rings (SSSR count). The Hall–Kier alpha value is -2.55. The lowest BCUT2D eigenvalue weighted by molar-refractivity contribution is -0.384. The predicted octanol–water partition coefficient (Wildman–Crippen LogP) is 1.77. The van der Waals surface area contributed by atoms with Gasteiger partial charge < -0.3 is 14.4 Å². The predicted molar refractivity (Wildman–Crippen MR) is 95.8 cm³/mol. The van der Waals surface area contributed by atoms with Crippen molar-refractivity contribution in [3.8, 4) is 0 Å². The standard InChI is InChI=1S/C16H19N5O3S/c1-18-7-6-17-16(18)25-12-15(22)20-10-8-19(9-11-20)13-4-2-3-5-14(13)21(23)24/h2-7H,8-12H2,1H3. The Balaban J connectivity index is 1.56. The minimum absolute atomic E-state index is 0.0650. The van der Waals surface area contributed by atoms with E-state index >= 15 is 0 Å². The lowest BCUT2D eigenvalue weighted by Crippen LogP contribution is -2.49. The van der Waals surface area contributed by atoms with Crippen LogP contribution in [-0.4, -0.2) is 57.2 Å². The zero-order chi connectivity index (χ0) is 17.8. The van der Waals surface area contributed by atoms with Crippen molar-refractivity contribution in [3.63, 3.8) is 0 Å². The second-order valence-electron chi connectivity index (χ2n) is 5.72. The monoisotopic (exact) mass is 361 g/mol. The average molecular weight is 361 g/mol. The molecule has 0 aliphatic carbocycles. The number of aromatic nitrogens is 2. The maximum atomic E-state index is 12.4. The van der Waals surface area contributed by atoms with Crippen molar-refractivity contribution in [2.75, 3.05) is 36.8 Å². The number of imidazole rings is 1. The highest BCUT2D eigenvalue weighted by Crippen LogP contribution is 2.28. The number of nitro benzene ring substituents is 1. The molecule has 1 fully saturated rings. The smallest absolute Gasteiger partial charge is 0.292 e. The fraction of sp³-hybridized carbons (Fsp3) is 0.375. The molecule has 0 saturated carbocycles. The van der Waals surface area contributed by atoms with Gasteiger partial charge in [-0.2, -0.15) is 0 Å². The molecule has 8 nitrogen and oxygen atoms in total. The van der Waals surface area contributed by atoms with E-state index in [1.165, 1.54) is 17.8 Å². The molecule has 9 heteroatoms. The number of carbonyl (C=O) groups is 1. The third-order valence-electron chi connectivity index (χ3n) is 4.15. The molecule has 1 aromatic heterocycles. The molecule has 1 aliphatic heterocycles. The molecular weight excluding hydrogens is 342 g/mol. The molecule has 1 aliphatic rings. The van der Waals surface area contributed by atoms with Gasteiger partial charge >= 0.3 is 0 Å². The van der Waals surface area contributed by atoms with Gasteiger partial charge in [0.15, 0.2) is 5.16 Å². The molecule has 0 radical (unpaired) electrons. The van der Waals surface area contributed by atoms with Gasteiger partial charge in [-0.15, -0.1) is 0 Å². The number of carbonyl (C=O) groups excluding carboxylic acids is 1. The number of hydrogen-bond acceptors (Lipinski definition) is 6. The van der Waals surface area contributed by atoms with Crippen LogP contribution in [0, 0.1) is 10.1 Å². The number of hydrogen-bond donors (Lipinski definition) is 0. The first-order valence-electron chi connectivity index (χ1n) is 7.92. The lowest BCUT2D eigenvalue weighted by Gasteiger charge is -2.35. The second-order valence-corrected chi connectivity index (χ2v) is 6.67. The van der Waals surface area contributed by atoms with Crippen LogP contribution >= 0.6 is 11.8 Å². The Morgan fingerprint density at radius 3 is 2.64 bits per heavy atom. The first kappa shape index (κ1) is 17.3. The molecule has 2 heterocycles. The summed E-state index contributed by atoms with van der Waals surface area (Å²) in [6.45, 7) is 2.30. The molecule has 1 amide bonds. The molecule has 0 unspecified atom stereocenters. The van der Waals surface area contributed by atoms with Crippen LogP contribution < -0.4 is 4.90 Å². The third kappa shape index (κ3) is 3.93. The zero-order valence-electron chi connectivity index (χ0n) is 13.9. The Labute approximate surface area is 149 Å². The maximum Gasteiger partial charge on any atom is 0.292 e. The quantitative estimate of drug-likeness (QED) is 0.458. The Bertz CT molecular complexity index is 771. The SMILES string of the molecule is Cn1ccnc1SCC(=O)N1CCN(c2ccccc2[N+](=O)[O-])CC1. The van der Waals surface area contributed by atoms with E-state index in [4.69, 9.17) is 0 Å². The number of piperazine rings is 1. The van der Waals surface area contributed by atoms with Crippen LogP contribution in [0.2, 0.25) is 0 Å². The van der Waals surface area contributed by atoms with Crippen LogP contribution in [0.25, 0.3) is 0 Å². The molecule has 0 atom stereocenters. The normalized spacial score (nSPS) is 14.6. The van der Waals surface area contributed by atoms with Crippen molar-refractivity contribution in [3.05, 3.63) is 46.8 Å². The van der Waals surface area contributed by atoms with Crippen LogP contribution in [0.5, 0.6) is 0 Å². The second kappa shape index (κ2) is 7.56. The van der Waals surface area contributed by atoms with Gasteiger partial charge in [-0.05, 0) is 6.07 Å². The summed E-state index contributed by atoms with van der Waals surface area (Å²) >= 11 is 1.42. The molecule has 25 heavy (non-hydrogen) atoms. The van der Waals surface area contributed by atoms with Gasteiger partial charge in [-0.1, -0.05) is 23.9 Å². The minimum Gasteiger partial charge on any atom is -0.362 e. The molecule has 132 valence electrons. The van der Waals surface area contributed by atoms with Crippen LogP contribution in [0.3, 0.4) is 0 Å². The van der Waals surface area contributed by atoms with Crippen molar-refractivity contribution < 1.29 is 9.72 Å². The van der Waals surface area contributed by atoms with Crippen molar-refractivity contribution in [2.24, 2.45) is 7.05 Å². The van der Waals surface area contributed by atoms with E-state index in [-0.39, 0.29) is 16.5 Å². The molecule has 0 N–H and O–H groups in total. The van der Waals surface area contributed by atoms with Crippen molar-refractivity contribution in [1.82, 2.24) is 14.5 Å². The fourth-order valence-electron chi connectivity index (χ4n) is 2.79. The molecule has 0 bridgehead atoms. The van der Waals surface area contributed by atoms with Crippen LogP contribution in [-0.2, 0) is 11.8 Å². The van der Waals surface area contributed by atoms with E-state index in [0.29, 0.717) is 37.6 Å². The third-order valence-corrected chi connectivity index (χ3v) is 5.20. The van der Waals surface area contributed by atoms with Crippen LogP contribution in [0.15, 0.2) is 41.8 Å². The van der Waals surface area contributed by atoms with Crippen LogP contribution in [0.4, 0.5) is 11.4 Å². The van der Waals surface area contributed by atoms with Gasteiger partial charge in [0.25, 0.3) is 5.69 Å². The van der Waals surface area contributed by atoms with E-state index in [0.717, 1.165) is 5.16 Å². The number of benzene rings is 1. The number of para-hydroxylation sites is 2. The van der Waals surface area contributed by atoms with Gasteiger partial charge in [0, 0.05) is 51.7 Å². The van der Waals surface area contributed by atoms with Gasteiger partial charge in [0.05, 0.1) is 10.7 Å². The Morgan fingerprint density at radius 2 is 2.00 bits per heavy atom. The highest BCUT2D eigenvalue weighted by atomic mass is 32.2. The Morgan fingerprint density at radius 1 is 1.28 bits per heavy atom. The van der Waals surface area contributed by atoms with Crippen molar-refractivity contribution >= 4 is 29.0 Å². The molecule has 1 aromatic carbocycles. The number of rotatable bonds is 5. The number of thioether (sulfide) groups is 1. The minimum atomic E-state index is -0.365. The largest absolute Gasteiger partial charge is 0.362 e. The first-order chi connectivity index (χ1) is 12.1. The van der Waals surface area contributed by atoms with E-state index < -0.39 is 0 Å². The van der Waals surface area contributed by atoms with E-state index in [9.17, 15) is 14.9 Å². The molecular formula is C16H19N5O3S. The van der Waals surface area contributed by atoms with Crippen molar-refractivity contribution in [1.29, 1.82) is 0 Å². The number of amides is 1. The highest BCUT2D eigenvalue weighted by molar-refractivity contribution is 7.99. The van der Waals surface area contributed by atoms with Crippen LogP contribution in [0.1, 0.15) is 0 Å². The molecule has 2 aromatic rings. The van der Waals surface area contributed by atoms with Gasteiger partial charge in [0.1, 0.15) is 5.69 Å². The average Bonchev–Trinajstić information content (AvgIpc) is 3.04. The fourth-order valence-corrected chi connectivity index (χ4v) is 3.63. The number of aryl methyl sites for hydroxylation is 1. The molecule has 1 saturated heterocycles. The summed E-state index contributed by atoms with van der Waals surface area (Å²) in [5.74, 6) is 0.409. The van der Waals surface area contributed by atoms with E-state index in [1.807, 2.05) is 22.7 Å². The zero-order valence-corrected chi connectivity index (χ0v) is 14.7. The summed E-state index contributed by atoms with van der Waals surface area (Å²) in [5.41, 5.74) is 0.717. The summed E-state index contributed by atoms with van der Waals surface area (Å²) in [4.78, 5) is 31.1. The first-order valence-corrected chi connectivity index (χ1v) is 8.91. The van der Waals surface area contributed by atoms with E-state index in [1.54, 1.807) is 29.3 Å². The lowest BCUT2D eigenvalue weighted by atomic mass is 10.2. The summed E-state index contributed by atoms with van der Waals surface area (Å²) in [5, 5.41) is 12.0.